The second kappa shape index (κ2) is 8.55. The maximum Gasteiger partial charge on any atom is 0.181 e. The number of nitrogens with one attached hydrogen (secondary N) is 2. The highest BCUT2D eigenvalue weighted by Crippen LogP contribution is 2.31. The van der Waals surface area contributed by atoms with E-state index in [1.807, 2.05) is 48.5 Å². The standard InChI is InChI=1S/C23H20N4OS/c24-23-27-22-20(28)13-17(14-21(22)29-23)9-6-12-25-18-10-4-5-11-19(18)26-15-16-7-2-1-3-8-16/h1-5,7-8,10-11,13-14,25-26,28H,12,15H2,(H2,24,27). The van der Waals surface area contributed by atoms with E-state index in [2.05, 4.69) is 39.6 Å². The molecule has 4 rings (SSSR count). The van der Waals surface area contributed by atoms with Crippen LogP contribution >= 0.6 is 11.3 Å². The van der Waals surface area contributed by atoms with Crippen molar-refractivity contribution in [3.63, 3.8) is 0 Å². The lowest BCUT2D eigenvalue weighted by molar-refractivity contribution is 0.480. The zero-order valence-corrected chi connectivity index (χ0v) is 16.5. The van der Waals surface area contributed by atoms with Crippen molar-refractivity contribution in [2.75, 3.05) is 22.9 Å². The maximum absolute atomic E-state index is 10.1. The Morgan fingerprint density at radius 2 is 1.69 bits per heavy atom. The average Bonchev–Trinajstić information content (AvgIpc) is 3.12. The Balaban J connectivity index is 1.41. The van der Waals surface area contributed by atoms with Gasteiger partial charge in [0.15, 0.2) is 5.13 Å². The molecule has 3 aromatic carbocycles. The number of rotatable bonds is 5. The van der Waals surface area contributed by atoms with Crippen LogP contribution in [0.15, 0.2) is 66.7 Å². The highest BCUT2D eigenvalue weighted by atomic mass is 32.1. The van der Waals surface area contributed by atoms with Gasteiger partial charge in [-0.2, -0.15) is 0 Å². The van der Waals surface area contributed by atoms with Gasteiger partial charge in [-0.05, 0) is 29.8 Å². The number of nitrogens with two attached hydrogens (primary N) is 1. The third kappa shape index (κ3) is 4.60. The largest absolute Gasteiger partial charge is 0.506 e. The van der Waals surface area contributed by atoms with E-state index in [4.69, 9.17) is 5.73 Å². The number of phenols is 1. The zero-order chi connectivity index (χ0) is 20.1. The molecule has 5 nitrogen and oxygen atoms in total. The van der Waals surface area contributed by atoms with Crippen LogP contribution in [0.5, 0.6) is 5.75 Å². The lowest BCUT2D eigenvalue weighted by Gasteiger charge is -2.12. The molecule has 0 unspecified atom stereocenters. The fourth-order valence-electron chi connectivity index (χ4n) is 2.97. The second-order valence-corrected chi connectivity index (χ2v) is 7.50. The molecular weight excluding hydrogens is 380 g/mol. The number of anilines is 3. The van der Waals surface area contributed by atoms with Gasteiger partial charge in [-0.25, -0.2) is 4.98 Å². The van der Waals surface area contributed by atoms with Crippen LogP contribution in [0.25, 0.3) is 10.2 Å². The molecule has 0 saturated carbocycles. The molecule has 1 heterocycles. The third-order valence-electron chi connectivity index (χ3n) is 4.34. The number of nitrogen functional groups attached to an aromatic ring is 1. The summed E-state index contributed by atoms with van der Waals surface area (Å²) in [6.45, 7) is 1.23. The molecule has 4 aromatic rings. The molecule has 0 atom stereocenters. The highest BCUT2D eigenvalue weighted by Gasteiger charge is 2.07. The monoisotopic (exact) mass is 400 g/mol. The molecule has 0 spiro atoms. The van der Waals surface area contributed by atoms with Crippen LogP contribution in [0, 0.1) is 11.8 Å². The second-order valence-electron chi connectivity index (χ2n) is 6.43. The van der Waals surface area contributed by atoms with Crippen molar-refractivity contribution in [1.29, 1.82) is 0 Å². The molecule has 0 aliphatic rings. The van der Waals surface area contributed by atoms with Crippen LogP contribution < -0.4 is 16.4 Å². The number of aromatic nitrogens is 1. The van der Waals surface area contributed by atoms with Crippen molar-refractivity contribution in [3.8, 4) is 17.6 Å². The zero-order valence-electron chi connectivity index (χ0n) is 15.6. The predicted molar refractivity (Wildman–Crippen MR) is 121 cm³/mol. The molecule has 5 N–H and O–H groups in total. The van der Waals surface area contributed by atoms with Gasteiger partial charge < -0.3 is 21.5 Å². The summed E-state index contributed by atoms with van der Waals surface area (Å²) >= 11 is 1.34. The Kier molecular flexibility index (Phi) is 5.50. The van der Waals surface area contributed by atoms with E-state index < -0.39 is 0 Å². The van der Waals surface area contributed by atoms with E-state index >= 15 is 0 Å². The summed E-state index contributed by atoms with van der Waals surface area (Å²) in [6, 6.07) is 21.8. The SMILES string of the molecule is Nc1nc2c(O)cc(C#CCNc3ccccc3NCc3ccccc3)cc2s1. The first-order valence-corrected chi connectivity index (χ1v) is 9.99. The Morgan fingerprint density at radius 1 is 0.966 bits per heavy atom. The van der Waals surface area contributed by atoms with Gasteiger partial charge in [0.1, 0.15) is 11.3 Å². The third-order valence-corrected chi connectivity index (χ3v) is 5.18. The van der Waals surface area contributed by atoms with E-state index in [1.54, 1.807) is 6.07 Å². The van der Waals surface area contributed by atoms with Crippen LogP contribution in [-0.2, 0) is 6.54 Å². The summed E-state index contributed by atoms with van der Waals surface area (Å²) in [6.07, 6.45) is 0. The number of nitrogens with zero attached hydrogens (tertiary/aromatic N) is 1. The molecule has 0 amide bonds. The van der Waals surface area contributed by atoms with Crippen molar-refractivity contribution in [1.82, 2.24) is 4.98 Å². The Labute approximate surface area is 173 Å². The van der Waals surface area contributed by atoms with Crippen molar-refractivity contribution in [2.24, 2.45) is 0 Å². The number of aromatic hydroxyl groups is 1. The molecule has 0 saturated heterocycles. The lowest BCUT2D eigenvalue weighted by atomic mass is 10.2. The molecule has 0 aliphatic heterocycles. The van der Waals surface area contributed by atoms with Gasteiger partial charge in [-0.15, -0.1) is 0 Å². The molecule has 0 radical (unpaired) electrons. The number of fused-ring (bicyclic) bond motifs is 1. The fraction of sp³-hybridized carbons (Fsp3) is 0.0870. The molecule has 29 heavy (non-hydrogen) atoms. The number of hydrogen-bond acceptors (Lipinski definition) is 6. The van der Waals surface area contributed by atoms with Crippen LogP contribution in [0.2, 0.25) is 0 Å². The Morgan fingerprint density at radius 3 is 2.48 bits per heavy atom. The van der Waals surface area contributed by atoms with Gasteiger partial charge in [-0.3, -0.25) is 0 Å². The smallest absolute Gasteiger partial charge is 0.181 e. The number of hydrogen-bond donors (Lipinski definition) is 4. The van der Waals surface area contributed by atoms with Crippen LogP contribution in [0.4, 0.5) is 16.5 Å². The van der Waals surface area contributed by atoms with Gasteiger partial charge in [0.05, 0.1) is 22.6 Å². The first-order chi connectivity index (χ1) is 14.2. The minimum absolute atomic E-state index is 0.100. The quantitative estimate of drug-likeness (QED) is 0.366. The van der Waals surface area contributed by atoms with E-state index in [-0.39, 0.29) is 5.75 Å². The van der Waals surface area contributed by atoms with Crippen LogP contribution in [-0.4, -0.2) is 16.6 Å². The van der Waals surface area contributed by atoms with Crippen molar-refractivity contribution >= 4 is 38.1 Å². The van der Waals surface area contributed by atoms with Crippen molar-refractivity contribution in [2.45, 2.75) is 6.54 Å². The highest BCUT2D eigenvalue weighted by molar-refractivity contribution is 7.22. The molecular formula is C23H20N4OS. The molecule has 0 fully saturated rings. The Hall–Kier alpha value is -3.69. The van der Waals surface area contributed by atoms with Crippen LogP contribution in [0.3, 0.4) is 0 Å². The number of thiazole rings is 1. The normalized spacial score (nSPS) is 10.3. The Bertz CT molecular complexity index is 1190. The summed E-state index contributed by atoms with van der Waals surface area (Å²) < 4.78 is 0.829. The molecule has 144 valence electrons. The van der Waals surface area contributed by atoms with Crippen molar-refractivity contribution in [3.05, 3.63) is 77.9 Å². The summed E-state index contributed by atoms with van der Waals surface area (Å²) in [4.78, 5) is 4.12. The van der Waals surface area contributed by atoms with Crippen molar-refractivity contribution < 1.29 is 5.11 Å². The maximum atomic E-state index is 10.1. The van der Waals surface area contributed by atoms with Gasteiger partial charge >= 0.3 is 0 Å². The van der Waals surface area contributed by atoms with E-state index in [0.29, 0.717) is 17.2 Å². The van der Waals surface area contributed by atoms with E-state index in [9.17, 15) is 5.11 Å². The number of benzene rings is 3. The molecule has 6 heteroatoms. The van der Waals surface area contributed by atoms with E-state index in [0.717, 1.165) is 28.2 Å². The molecule has 1 aromatic heterocycles. The average molecular weight is 401 g/mol. The fourth-order valence-corrected chi connectivity index (χ4v) is 3.77. The first-order valence-electron chi connectivity index (χ1n) is 9.17. The summed E-state index contributed by atoms with van der Waals surface area (Å²) in [5.74, 6) is 6.28. The minimum Gasteiger partial charge on any atom is -0.506 e. The van der Waals surface area contributed by atoms with Crippen LogP contribution in [0.1, 0.15) is 11.1 Å². The topological polar surface area (TPSA) is 83.2 Å². The predicted octanol–water partition coefficient (Wildman–Crippen LogP) is 4.66. The summed E-state index contributed by atoms with van der Waals surface area (Å²) in [5, 5.41) is 17.3. The summed E-state index contributed by atoms with van der Waals surface area (Å²) in [5.41, 5.74) is 10.2. The minimum atomic E-state index is 0.100. The van der Waals surface area contributed by atoms with Gasteiger partial charge in [-0.1, -0.05) is 65.6 Å². The first kappa shape index (κ1) is 18.7. The van der Waals surface area contributed by atoms with Gasteiger partial charge in [0.25, 0.3) is 0 Å². The molecule has 0 bridgehead atoms. The lowest BCUT2D eigenvalue weighted by Crippen LogP contribution is -2.05. The van der Waals surface area contributed by atoms with Gasteiger partial charge in [0.2, 0.25) is 0 Å². The van der Waals surface area contributed by atoms with Gasteiger partial charge in [0, 0.05) is 12.1 Å². The number of para-hydroxylation sites is 2. The molecule has 0 aliphatic carbocycles. The number of phenolic OH excluding ortho intramolecular Hbond substituents is 1. The van der Waals surface area contributed by atoms with E-state index in [1.165, 1.54) is 16.9 Å². The summed E-state index contributed by atoms with van der Waals surface area (Å²) in [7, 11) is 0.